The number of rotatable bonds is 2. The predicted octanol–water partition coefficient (Wildman–Crippen LogP) is 2.00. The highest BCUT2D eigenvalue weighted by atomic mass is 16.2. The van der Waals surface area contributed by atoms with E-state index in [0.29, 0.717) is 32.6 Å². The summed E-state index contributed by atoms with van der Waals surface area (Å²) in [6, 6.07) is 5.92. The van der Waals surface area contributed by atoms with E-state index in [9.17, 15) is 9.59 Å². The third-order valence-electron chi connectivity index (χ3n) is 3.88. The Kier molecular flexibility index (Phi) is 4.42. The van der Waals surface area contributed by atoms with E-state index in [2.05, 4.69) is 0 Å². The molecule has 0 atom stereocenters. The minimum absolute atomic E-state index is 0.0388. The standard InChI is InChI=1S/C16H22N2O2/c1-4-17-9-10-18(8-7-15(17)19)16(20)14-11-12(2)5-6-13(14)3/h5-6,11H,4,7-10H2,1-3H3. The van der Waals surface area contributed by atoms with Crippen molar-refractivity contribution in [1.82, 2.24) is 9.80 Å². The van der Waals surface area contributed by atoms with Crippen LogP contribution < -0.4 is 0 Å². The van der Waals surface area contributed by atoms with Gasteiger partial charge in [-0.2, -0.15) is 0 Å². The molecule has 1 aliphatic rings. The van der Waals surface area contributed by atoms with Crippen LogP contribution in [0.2, 0.25) is 0 Å². The molecule has 2 rings (SSSR count). The number of aryl methyl sites for hydroxylation is 2. The molecular formula is C16H22N2O2. The van der Waals surface area contributed by atoms with Crippen LogP contribution in [0.3, 0.4) is 0 Å². The topological polar surface area (TPSA) is 40.6 Å². The van der Waals surface area contributed by atoms with E-state index < -0.39 is 0 Å². The summed E-state index contributed by atoms with van der Waals surface area (Å²) < 4.78 is 0. The van der Waals surface area contributed by atoms with Crippen LogP contribution in [0.25, 0.3) is 0 Å². The van der Waals surface area contributed by atoms with Crippen LogP contribution in [-0.4, -0.2) is 47.8 Å². The van der Waals surface area contributed by atoms with Crippen LogP contribution in [0.15, 0.2) is 18.2 Å². The Morgan fingerprint density at radius 1 is 1.20 bits per heavy atom. The number of nitrogens with zero attached hydrogens (tertiary/aromatic N) is 2. The van der Waals surface area contributed by atoms with E-state index in [1.807, 2.05) is 43.9 Å². The SMILES string of the molecule is CCN1CCN(C(=O)c2cc(C)ccc2C)CCC1=O. The van der Waals surface area contributed by atoms with Gasteiger partial charge in [0.1, 0.15) is 0 Å². The van der Waals surface area contributed by atoms with Gasteiger partial charge in [-0.05, 0) is 32.4 Å². The molecule has 4 nitrogen and oxygen atoms in total. The smallest absolute Gasteiger partial charge is 0.254 e. The van der Waals surface area contributed by atoms with Gasteiger partial charge in [-0.1, -0.05) is 17.7 Å². The summed E-state index contributed by atoms with van der Waals surface area (Å²) in [7, 11) is 0. The molecule has 108 valence electrons. The van der Waals surface area contributed by atoms with Gasteiger partial charge in [0, 0.05) is 38.2 Å². The summed E-state index contributed by atoms with van der Waals surface area (Å²) in [5.74, 6) is 0.181. The molecule has 1 heterocycles. The number of amides is 2. The lowest BCUT2D eigenvalue weighted by atomic mass is 10.0. The number of carbonyl (C=O) groups excluding carboxylic acids is 2. The van der Waals surface area contributed by atoms with Crippen LogP contribution in [0.4, 0.5) is 0 Å². The minimum Gasteiger partial charge on any atom is -0.341 e. The number of benzene rings is 1. The molecule has 1 aromatic rings. The van der Waals surface area contributed by atoms with Crippen LogP contribution in [0.1, 0.15) is 34.8 Å². The minimum atomic E-state index is 0.0388. The van der Waals surface area contributed by atoms with Gasteiger partial charge < -0.3 is 9.80 Å². The molecule has 4 heteroatoms. The van der Waals surface area contributed by atoms with Gasteiger partial charge in [0.05, 0.1) is 0 Å². The Morgan fingerprint density at radius 2 is 1.95 bits per heavy atom. The lowest BCUT2D eigenvalue weighted by Gasteiger charge is -2.22. The maximum Gasteiger partial charge on any atom is 0.254 e. The molecule has 0 N–H and O–H groups in total. The lowest BCUT2D eigenvalue weighted by Crippen LogP contribution is -2.36. The molecular weight excluding hydrogens is 252 g/mol. The molecule has 0 saturated carbocycles. The molecule has 1 fully saturated rings. The molecule has 0 radical (unpaired) electrons. The number of carbonyl (C=O) groups is 2. The Balaban J connectivity index is 2.17. The second-order valence-corrected chi connectivity index (χ2v) is 5.33. The van der Waals surface area contributed by atoms with Crippen molar-refractivity contribution in [3.05, 3.63) is 34.9 Å². The van der Waals surface area contributed by atoms with Crippen molar-refractivity contribution < 1.29 is 9.59 Å². The fourth-order valence-corrected chi connectivity index (χ4v) is 2.54. The fraction of sp³-hybridized carbons (Fsp3) is 0.500. The van der Waals surface area contributed by atoms with Crippen molar-refractivity contribution in [2.45, 2.75) is 27.2 Å². The van der Waals surface area contributed by atoms with Gasteiger partial charge in [-0.3, -0.25) is 9.59 Å². The number of hydrogen-bond acceptors (Lipinski definition) is 2. The first-order valence-electron chi connectivity index (χ1n) is 7.17. The van der Waals surface area contributed by atoms with E-state index >= 15 is 0 Å². The molecule has 0 spiro atoms. The van der Waals surface area contributed by atoms with Crippen molar-refractivity contribution in [2.24, 2.45) is 0 Å². The summed E-state index contributed by atoms with van der Waals surface area (Å²) >= 11 is 0. The quantitative estimate of drug-likeness (QED) is 0.827. The molecule has 0 aliphatic carbocycles. The van der Waals surface area contributed by atoms with E-state index in [-0.39, 0.29) is 11.8 Å². The van der Waals surface area contributed by atoms with Crippen LogP contribution >= 0.6 is 0 Å². The number of likely N-dealkylation sites (N-methyl/N-ethyl adjacent to an activating group) is 1. The molecule has 20 heavy (non-hydrogen) atoms. The fourth-order valence-electron chi connectivity index (χ4n) is 2.54. The van der Waals surface area contributed by atoms with Gasteiger partial charge in [0.15, 0.2) is 0 Å². The molecule has 2 amide bonds. The van der Waals surface area contributed by atoms with Crippen LogP contribution in [0.5, 0.6) is 0 Å². The molecule has 1 aromatic carbocycles. The van der Waals surface area contributed by atoms with Crippen molar-refractivity contribution in [1.29, 1.82) is 0 Å². The molecule has 1 aliphatic heterocycles. The first-order chi connectivity index (χ1) is 9.52. The highest BCUT2D eigenvalue weighted by Crippen LogP contribution is 2.15. The molecule has 0 aromatic heterocycles. The van der Waals surface area contributed by atoms with Crippen molar-refractivity contribution in [3.63, 3.8) is 0 Å². The summed E-state index contributed by atoms with van der Waals surface area (Å²) in [4.78, 5) is 28.1. The Hall–Kier alpha value is -1.84. The summed E-state index contributed by atoms with van der Waals surface area (Å²) in [5, 5.41) is 0. The van der Waals surface area contributed by atoms with Gasteiger partial charge >= 0.3 is 0 Å². The Labute approximate surface area is 120 Å². The third kappa shape index (κ3) is 3.00. The second kappa shape index (κ2) is 6.07. The lowest BCUT2D eigenvalue weighted by molar-refractivity contribution is -0.130. The normalized spacial score (nSPS) is 16.2. The first-order valence-corrected chi connectivity index (χ1v) is 7.17. The predicted molar refractivity (Wildman–Crippen MR) is 78.7 cm³/mol. The largest absolute Gasteiger partial charge is 0.341 e. The average molecular weight is 274 g/mol. The second-order valence-electron chi connectivity index (χ2n) is 5.33. The van der Waals surface area contributed by atoms with E-state index in [1.165, 1.54) is 0 Å². The van der Waals surface area contributed by atoms with E-state index in [4.69, 9.17) is 0 Å². The monoisotopic (exact) mass is 274 g/mol. The van der Waals surface area contributed by atoms with E-state index in [1.54, 1.807) is 4.90 Å². The van der Waals surface area contributed by atoms with E-state index in [0.717, 1.165) is 16.7 Å². The first kappa shape index (κ1) is 14.6. The van der Waals surface area contributed by atoms with Gasteiger partial charge in [-0.25, -0.2) is 0 Å². The average Bonchev–Trinajstić information content (AvgIpc) is 2.62. The van der Waals surface area contributed by atoms with Crippen LogP contribution in [0, 0.1) is 13.8 Å². The van der Waals surface area contributed by atoms with Crippen LogP contribution in [-0.2, 0) is 4.79 Å². The zero-order chi connectivity index (χ0) is 14.7. The summed E-state index contributed by atoms with van der Waals surface area (Å²) in [5.41, 5.74) is 2.82. The molecule has 1 saturated heterocycles. The summed E-state index contributed by atoms with van der Waals surface area (Å²) in [6.07, 6.45) is 0.421. The van der Waals surface area contributed by atoms with Gasteiger partial charge in [0.2, 0.25) is 5.91 Å². The van der Waals surface area contributed by atoms with Gasteiger partial charge in [0.25, 0.3) is 5.91 Å². The summed E-state index contributed by atoms with van der Waals surface area (Å²) in [6.45, 7) is 8.39. The third-order valence-corrected chi connectivity index (χ3v) is 3.88. The van der Waals surface area contributed by atoms with Crippen molar-refractivity contribution in [3.8, 4) is 0 Å². The Morgan fingerprint density at radius 3 is 2.65 bits per heavy atom. The maximum atomic E-state index is 12.6. The highest BCUT2D eigenvalue weighted by molar-refractivity contribution is 5.96. The zero-order valence-corrected chi connectivity index (χ0v) is 12.5. The molecule has 0 unspecified atom stereocenters. The molecule has 0 bridgehead atoms. The number of hydrogen-bond donors (Lipinski definition) is 0. The maximum absolute atomic E-state index is 12.6. The highest BCUT2D eigenvalue weighted by Gasteiger charge is 2.24. The Bertz CT molecular complexity index is 525. The van der Waals surface area contributed by atoms with Crippen molar-refractivity contribution in [2.75, 3.05) is 26.2 Å². The van der Waals surface area contributed by atoms with Crippen molar-refractivity contribution >= 4 is 11.8 Å². The van der Waals surface area contributed by atoms with Gasteiger partial charge in [-0.15, -0.1) is 0 Å². The zero-order valence-electron chi connectivity index (χ0n) is 12.5.